The van der Waals surface area contributed by atoms with Crippen LogP contribution >= 0.6 is 0 Å². The van der Waals surface area contributed by atoms with E-state index in [-0.39, 0.29) is 12.1 Å². The van der Waals surface area contributed by atoms with Crippen LogP contribution in [0.4, 0.5) is 8.78 Å². The first-order valence-electron chi connectivity index (χ1n) is 8.59. The average Bonchev–Trinajstić information content (AvgIpc) is 3.12. The van der Waals surface area contributed by atoms with Gasteiger partial charge in [0.05, 0.1) is 19.4 Å². The lowest BCUT2D eigenvalue weighted by molar-refractivity contribution is -0.0494. The zero-order valence-electron chi connectivity index (χ0n) is 15.0. The van der Waals surface area contributed by atoms with Crippen molar-refractivity contribution in [3.8, 4) is 0 Å². The van der Waals surface area contributed by atoms with Crippen LogP contribution in [0.5, 0.6) is 0 Å². The van der Waals surface area contributed by atoms with Crippen LogP contribution in [0.3, 0.4) is 0 Å². The van der Waals surface area contributed by atoms with Gasteiger partial charge in [-0.2, -0.15) is 0 Å². The molecule has 0 bridgehead atoms. The monoisotopic (exact) mass is 376 g/mol. The van der Waals surface area contributed by atoms with Crippen LogP contribution in [-0.4, -0.2) is 51.4 Å². The van der Waals surface area contributed by atoms with Crippen molar-refractivity contribution in [2.45, 2.75) is 31.7 Å². The molecule has 1 aromatic carbocycles. The molecule has 0 fully saturated rings. The van der Waals surface area contributed by atoms with Gasteiger partial charge in [0.25, 0.3) is 0 Å². The van der Waals surface area contributed by atoms with E-state index in [9.17, 15) is 13.9 Å². The molecule has 3 rings (SSSR count). The van der Waals surface area contributed by atoms with Gasteiger partial charge in [-0.15, -0.1) is 0 Å². The van der Waals surface area contributed by atoms with Crippen molar-refractivity contribution in [3.05, 3.63) is 53.6 Å². The highest BCUT2D eigenvalue weighted by molar-refractivity contribution is 5.69. The molecule has 1 aromatic heterocycles. The van der Waals surface area contributed by atoms with Crippen molar-refractivity contribution in [1.82, 2.24) is 14.5 Å². The van der Waals surface area contributed by atoms with Crippen LogP contribution in [0.15, 0.2) is 40.6 Å². The minimum Gasteiger partial charge on any atom is -0.390 e. The summed E-state index contributed by atoms with van der Waals surface area (Å²) in [7, 11) is 0. The minimum absolute atomic E-state index is 0.0146. The normalized spacial score (nSPS) is 18.7. The standard InChI is InChI=1S/C18H22F2N6O/c1-13(26-7-6-25-5-4-24-17(25)9-26)18(27,10-22-12-23-11-21)15-3-2-14(19)8-16(15)20/h2-5,8,11-13,27H,6-7,9-10H2,1H3,(H2,21,22,23)/t13-,18-/m1/s1. The largest absolute Gasteiger partial charge is 0.390 e. The molecule has 0 aliphatic carbocycles. The molecule has 7 nitrogen and oxygen atoms in total. The molecule has 9 heteroatoms. The highest BCUT2D eigenvalue weighted by Gasteiger charge is 2.42. The van der Waals surface area contributed by atoms with Gasteiger partial charge in [0.1, 0.15) is 29.4 Å². The summed E-state index contributed by atoms with van der Waals surface area (Å²) >= 11 is 0. The molecule has 0 radical (unpaired) electrons. The van der Waals surface area contributed by atoms with Crippen LogP contribution in [0, 0.1) is 11.6 Å². The zero-order chi connectivity index (χ0) is 19.4. The number of rotatable bonds is 6. The predicted octanol–water partition coefficient (Wildman–Crippen LogP) is 1.27. The molecular formula is C18H22F2N6O. The summed E-state index contributed by atoms with van der Waals surface area (Å²) in [6.45, 7) is 3.51. The van der Waals surface area contributed by atoms with Crippen molar-refractivity contribution in [3.63, 3.8) is 0 Å². The Kier molecular flexibility index (Phi) is 5.62. The van der Waals surface area contributed by atoms with E-state index in [2.05, 4.69) is 15.0 Å². The summed E-state index contributed by atoms with van der Waals surface area (Å²) < 4.78 is 29.9. The Morgan fingerprint density at radius 3 is 2.96 bits per heavy atom. The number of hydrogen-bond acceptors (Lipinski definition) is 4. The molecule has 0 unspecified atom stereocenters. The number of benzene rings is 1. The van der Waals surface area contributed by atoms with Crippen LogP contribution in [0.25, 0.3) is 0 Å². The fraction of sp³-hybridized carbons (Fsp3) is 0.389. The summed E-state index contributed by atoms with van der Waals surface area (Å²) in [6, 6.07) is 2.63. The fourth-order valence-electron chi connectivity index (χ4n) is 3.37. The van der Waals surface area contributed by atoms with Gasteiger partial charge in [0, 0.05) is 43.2 Å². The summed E-state index contributed by atoms with van der Waals surface area (Å²) in [5, 5.41) is 11.4. The van der Waals surface area contributed by atoms with Crippen LogP contribution in [0.2, 0.25) is 0 Å². The molecule has 3 N–H and O–H groups in total. The van der Waals surface area contributed by atoms with Crippen molar-refractivity contribution in [2.24, 2.45) is 15.7 Å². The van der Waals surface area contributed by atoms with E-state index < -0.39 is 23.3 Å². The van der Waals surface area contributed by atoms with Crippen molar-refractivity contribution in [1.29, 1.82) is 0 Å². The molecule has 0 saturated heterocycles. The number of nitrogens with zero attached hydrogens (tertiary/aromatic N) is 5. The highest BCUT2D eigenvalue weighted by Crippen LogP contribution is 2.33. The summed E-state index contributed by atoms with van der Waals surface area (Å²) in [5.74, 6) is -0.658. The lowest BCUT2D eigenvalue weighted by Gasteiger charge is -2.42. The Balaban J connectivity index is 1.93. The number of hydrogen-bond donors (Lipinski definition) is 2. The first kappa shape index (κ1) is 19.1. The number of halogens is 2. The van der Waals surface area contributed by atoms with Gasteiger partial charge in [0.15, 0.2) is 0 Å². The molecular weight excluding hydrogens is 354 g/mol. The smallest absolute Gasteiger partial charge is 0.132 e. The fourth-order valence-corrected chi connectivity index (χ4v) is 3.37. The summed E-state index contributed by atoms with van der Waals surface area (Å²) in [5.41, 5.74) is 3.48. The van der Waals surface area contributed by atoms with Gasteiger partial charge >= 0.3 is 0 Å². The van der Waals surface area contributed by atoms with Crippen molar-refractivity contribution >= 4 is 12.7 Å². The van der Waals surface area contributed by atoms with Crippen molar-refractivity contribution < 1.29 is 13.9 Å². The second-order valence-electron chi connectivity index (χ2n) is 6.49. The third-order valence-electron chi connectivity index (χ3n) is 4.98. The van der Waals surface area contributed by atoms with E-state index in [1.807, 2.05) is 15.7 Å². The van der Waals surface area contributed by atoms with E-state index in [1.165, 1.54) is 12.4 Å². The quantitative estimate of drug-likeness (QED) is 0.587. The third kappa shape index (κ3) is 3.88. The zero-order valence-corrected chi connectivity index (χ0v) is 15.0. The van der Waals surface area contributed by atoms with Crippen LogP contribution in [-0.2, 0) is 18.7 Å². The lowest BCUT2D eigenvalue weighted by Crippen LogP contribution is -2.53. The molecule has 1 aliphatic heterocycles. The van der Waals surface area contributed by atoms with Gasteiger partial charge in [-0.05, 0) is 13.0 Å². The Morgan fingerprint density at radius 2 is 2.22 bits per heavy atom. The molecule has 144 valence electrons. The third-order valence-corrected chi connectivity index (χ3v) is 4.98. The number of imidazole rings is 1. The SMILES string of the molecule is C[C@@H](N1CCn2ccnc2C1)[C@](O)(CN=CN=CN)c1ccc(F)cc1F. The molecule has 2 heterocycles. The number of aliphatic hydroxyl groups is 1. The predicted molar refractivity (Wildman–Crippen MR) is 98.4 cm³/mol. The molecule has 1 aliphatic rings. The molecule has 0 spiro atoms. The average molecular weight is 376 g/mol. The molecule has 2 aromatic rings. The molecule has 0 amide bonds. The van der Waals surface area contributed by atoms with Gasteiger partial charge in [-0.25, -0.2) is 18.8 Å². The second kappa shape index (κ2) is 7.93. The van der Waals surface area contributed by atoms with Gasteiger partial charge in [-0.1, -0.05) is 6.07 Å². The van der Waals surface area contributed by atoms with Crippen LogP contribution < -0.4 is 5.73 Å². The first-order valence-corrected chi connectivity index (χ1v) is 8.59. The number of aliphatic imine (C=N–C) groups is 2. The second-order valence-corrected chi connectivity index (χ2v) is 6.49. The Hall–Kier alpha value is -2.65. The maximum absolute atomic E-state index is 14.5. The minimum atomic E-state index is -1.69. The first-order chi connectivity index (χ1) is 13.0. The lowest BCUT2D eigenvalue weighted by atomic mass is 9.85. The van der Waals surface area contributed by atoms with Crippen LogP contribution in [0.1, 0.15) is 18.3 Å². The summed E-state index contributed by atoms with van der Waals surface area (Å²) in [6.07, 6.45) is 5.89. The van der Waals surface area contributed by atoms with E-state index in [4.69, 9.17) is 5.73 Å². The van der Waals surface area contributed by atoms with Crippen molar-refractivity contribution in [2.75, 3.05) is 13.1 Å². The highest BCUT2D eigenvalue weighted by atomic mass is 19.1. The Bertz CT molecular complexity index is 852. The Morgan fingerprint density at radius 1 is 1.41 bits per heavy atom. The Labute approximate surface area is 155 Å². The van der Waals surface area contributed by atoms with E-state index in [1.54, 1.807) is 13.1 Å². The number of fused-ring (bicyclic) bond motifs is 1. The van der Waals surface area contributed by atoms with E-state index >= 15 is 0 Å². The molecule has 27 heavy (non-hydrogen) atoms. The van der Waals surface area contributed by atoms with Gasteiger partial charge in [0.2, 0.25) is 0 Å². The van der Waals surface area contributed by atoms with E-state index in [0.29, 0.717) is 19.6 Å². The maximum atomic E-state index is 14.5. The van der Waals surface area contributed by atoms with E-state index in [0.717, 1.165) is 24.3 Å². The van der Waals surface area contributed by atoms with Gasteiger partial charge < -0.3 is 15.4 Å². The number of aromatic nitrogens is 2. The summed E-state index contributed by atoms with van der Waals surface area (Å²) in [4.78, 5) is 14.1. The van der Waals surface area contributed by atoms with Gasteiger partial charge in [-0.3, -0.25) is 9.89 Å². The molecule has 2 atom stereocenters. The molecule has 0 saturated carbocycles. The number of nitrogens with two attached hydrogens (primary N) is 1. The topological polar surface area (TPSA) is 92.0 Å². The maximum Gasteiger partial charge on any atom is 0.132 e.